The van der Waals surface area contributed by atoms with Crippen LogP contribution >= 0.6 is 0 Å². The summed E-state index contributed by atoms with van der Waals surface area (Å²) in [6.45, 7) is 0. The largest absolute Gasteiger partial charge is 0.507 e. The Hall–Kier alpha value is -2.04. The van der Waals surface area contributed by atoms with E-state index in [-0.39, 0.29) is 16.9 Å². The molecule has 0 radical (unpaired) electrons. The second-order valence-electron chi connectivity index (χ2n) is 2.64. The predicted molar refractivity (Wildman–Crippen MR) is 50.0 cm³/mol. The van der Waals surface area contributed by atoms with Crippen molar-refractivity contribution in [2.24, 2.45) is 5.73 Å². The summed E-state index contributed by atoms with van der Waals surface area (Å²) in [6.07, 6.45) is 0. The summed E-state index contributed by atoms with van der Waals surface area (Å²) in [6, 6.07) is 4.14. The summed E-state index contributed by atoms with van der Waals surface area (Å²) in [5.41, 5.74) is 4.96. The van der Waals surface area contributed by atoms with Crippen LogP contribution in [0.15, 0.2) is 18.2 Å². The minimum Gasteiger partial charge on any atom is -0.507 e. The normalized spacial score (nSPS) is 9.50. The van der Waals surface area contributed by atoms with Gasteiger partial charge >= 0.3 is 0 Å². The van der Waals surface area contributed by atoms with E-state index in [4.69, 9.17) is 5.73 Å². The van der Waals surface area contributed by atoms with E-state index in [9.17, 15) is 14.7 Å². The van der Waals surface area contributed by atoms with Crippen molar-refractivity contribution in [1.82, 2.24) is 5.32 Å². The lowest BCUT2D eigenvalue weighted by Gasteiger charge is -2.06. The third-order valence-electron chi connectivity index (χ3n) is 1.76. The van der Waals surface area contributed by atoms with Crippen LogP contribution in [-0.4, -0.2) is 24.0 Å². The molecule has 0 aliphatic rings. The van der Waals surface area contributed by atoms with Crippen molar-refractivity contribution in [1.29, 1.82) is 0 Å². The molecule has 14 heavy (non-hydrogen) atoms. The SMILES string of the molecule is CNC(=O)c1c(O)cccc1C(N)=O. The van der Waals surface area contributed by atoms with E-state index in [1.165, 1.54) is 25.2 Å². The number of hydrogen-bond donors (Lipinski definition) is 3. The Bertz CT molecular complexity index is 388. The quantitative estimate of drug-likeness (QED) is 0.611. The minimum atomic E-state index is -0.750. The topological polar surface area (TPSA) is 92.4 Å². The lowest BCUT2D eigenvalue weighted by atomic mass is 10.1. The molecule has 0 saturated heterocycles. The Balaban J connectivity index is 3.36. The lowest BCUT2D eigenvalue weighted by molar-refractivity contribution is 0.0940. The number of carbonyl (C=O) groups is 2. The van der Waals surface area contributed by atoms with Gasteiger partial charge in [0.15, 0.2) is 0 Å². The van der Waals surface area contributed by atoms with E-state index in [0.717, 1.165) is 0 Å². The molecule has 1 rings (SSSR count). The minimum absolute atomic E-state index is 0.00403. The fraction of sp³-hybridized carbons (Fsp3) is 0.111. The number of benzene rings is 1. The number of carbonyl (C=O) groups excluding carboxylic acids is 2. The van der Waals surface area contributed by atoms with Crippen molar-refractivity contribution in [3.63, 3.8) is 0 Å². The molecule has 0 aromatic heterocycles. The highest BCUT2D eigenvalue weighted by molar-refractivity contribution is 6.08. The number of aromatic hydroxyl groups is 1. The van der Waals surface area contributed by atoms with Gasteiger partial charge in [0.1, 0.15) is 5.75 Å². The first kappa shape index (κ1) is 10.0. The maximum absolute atomic E-state index is 11.3. The van der Waals surface area contributed by atoms with Crippen LogP contribution in [0.3, 0.4) is 0 Å². The van der Waals surface area contributed by atoms with Crippen molar-refractivity contribution in [3.8, 4) is 5.75 Å². The van der Waals surface area contributed by atoms with Crippen molar-refractivity contribution in [3.05, 3.63) is 29.3 Å². The molecular formula is C9H10N2O3. The Morgan fingerprint density at radius 1 is 1.43 bits per heavy atom. The van der Waals surface area contributed by atoms with Crippen LogP contribution in [0.2, 0.25) is 0 Å². The van der Waals surface area contributed by atoms with Crippen LogP contribution in [0.4, 0.5) is 0 Å². The fourth-order valence-corrected chi connectivity index (χ4v) is 1.11. The number of amides is 2. The monoisotopic (exact) mass is 194 g/mol. The van der Waals surface area contributed by atoms with Gasteiger partial charge < -0.3 is 16.2 Å². The van der Waals surface area contributed by atoms with Gasteiger partial charge in [0, 0.05) is 7.05 Å². The summed E-state index contributed by atoms with van der Waals surface area (Å²) < 4.78 is 0. The fourth-order valence-electron chi connectivity index (χ4n) is 1.11. The molecule has 0 unspecified atom stereocenters. The molecule has 0 aliphatic carbocycles. The number of phenolic OH excluding ortho intramolecular Hbond substituents is 1. The van der Waals surface area contributed by atoms with E-state index in [1.54, 1.807) is 0 Å². The summed E-state index contributed by atoms with van der Waals surface area (Å²) >= 11 is 0. The lowest BCUT2D eigenvalue weighted by Crippen LogP contribution is -2.23. The number of primary amides is 1. The van der Waals surface area contributed by atoms with Crippen LogP contribution in [0.1, 0.15) is 20.7 Å². The number of hydrogen-bond acceptors (Lipinski definition) is 3. The van der Waals surface area contributed by atoms with Gasteiger partial charge in [-0.15, -0.1) is 0 Å². The van der Waals surface area contributed by atoms with E-state index in [2.05, 4.69) is 5.32 Å². The molecule has 1 aromatic rings. The molecule has 0 atom stereocenters. The highest BCUT2D eigenvalue weighted by atomic mass is 16.3. The van der Waals surface area contributed by atoms with Gasteiger partial charge in [0.25, 0.3) is 5.91 Å². The van der Waals surface area contributed by atoms with Gasteiger partial charge in [-0.3, -0.25) is 9.59 Å². The average molecular weight is 194 g/mol. The number of phenols is 1. The van der Waals surface area contributed by atoms with Gasteiger partial charge in [-0.2, -0.15) is 0 Å². The third kappa shape index (κ3) is 1.66. The highest BCUT2D eigenvalue weighted by Gasteiger charge is 2.17. The first-order valence-corrected chi connectivity index (χ1v) is 3.91. The molecule has 0 fully saturated rings. The van der Waals surface area contributed by atoms with E-state index in [0.29, 0.717) is 0 Å². The molecule has 5 nitrogen and oxygen atoms in total. The van der Waals surface area contributed by atoms with Gasteiger partial charge in [0.05, 0.1) is 11.1 Å². The van der Waals surface area contributed by atoms with Crippen molar-refractivity contribution in [2.45, 2.75) is 0 Å². The number of rotatable bonds is 2. The average Bonchev–Trinajstić information content (AvgIpc) is 2.16. The molecule has 0 aliphatic heterocycles. The summed E-state index contributed by atoms with van der Waals surface area (Å²) in [5.74, 6) is -1.56. The van der Waals surface area contributed by atoms with E-state index in [1.807, 2.05) is 0 Å². The Labute approximate surface area is 80.5 Å². The second kappa shape index (κ2) is 3.78. The van der Waals surface area contributed by atoms with Crippen LogP contribution in [0, 0.1) is 0 Å². The first-order chi connectivity index (χ1) is 6.57. The van der Waals surface area contributed by atoms with Crippen LogP contribution in [0.5, 0.6) is 5.75 Å². The molecule has 74 valence electrons. The molecule has 2 amide bonds. The maximum atomic E-state index is 11.3. The molecular weight excluding hydrogens is 184 g/mol. The molecule has 0 spiro atoms. The van der Waals surface area contributed by atoms with Crippen molar-refractivity contribution in [2.75, 3.05) is 7.05 Å². The summed E-state index contributed by atoms with van der Waals surface area (Å²) in [7, 11) is 1.40. The second-order valence-corrected chi connectivity index (χ2v) is 2.64. The standard InChI is InChI=1S/C9H10N2O3/c1-11-9(14)7-5(8(10)13)3-2-4-6(7)12/h2-4,12H,1H3,(H2,10,13)(H,11,14). The van der Waals surface area contributed by atoms with Gasteiger partial charge in [0.2, 0.25) is 5.91 Å². The summed E-state index contributed by atoms with van der Waals surface area (Å²) in [4.78, 5) is 22.2. The molecule has 1 aromatic carbocycles. The van der Waals surface area contributed by atoms with E-state index >= 15 is 0 Å². The molecule has 0 heterocycles. The van der Waals surface area contributed by atoms with Crippen molar-refractivity contribution < 1.29 is 14.7 Å². The maximum Gasteiger partial charge on any atom is 0.255 e. The molecule has 0 saturated carbocycles. The zero-order chi connectivity index (χ0) is 10.7. The Morgan fingerprint density at radius 2 is 2.07 bits per heavy atom. The van der Waals surface area contributed by atoms with Gasteiger partial charge in [-0.05, 0) is 12.1 Å². The number of nitrogens with one attached hydrogen (secondary N) is 1. The van der Waals surface area contributed by atoms with Crippen LogP contribution < -0.4 is 11.1 Å². The number of nitrogens with two attached hydrogens (primary N) is 1. The van der Waals surface area contributed by atoms with Crippen LogP contribution in [0.25, 0.3) is 0 Å². The third-order valence-corrected chi connectivity index (χ3v) is 1.76. The molecule has 5 heteroatoms. The zero-order valence-corrected chi connectivity index (χ0v) is 7.57. The zero-order valence-electron chi connectivity index (χ0n) is 7.57. The molecule has 4 N–H and O–H groups in total. The Kier molecular flexibility index (Phi) is 2.71. The van der Waals surface area contributed by atoms with Crippen LogP contribution in [-0.2, 0) is 0 Å². The predicted octanol–water partition coefficient (Wildman–Crippen LogP) is -0.149. The van der Waals surface area contributed by atoms with Crippen molar-refractivity contribution >= 4 is 11.8 Å². The highest BCUT2D eigenvalue weighted by Crippen LogP contribution is 2.20. The van der Waals surface area contributed by atoms with E-state index < -0.39 is 11.8 Å². The smallest absolute Gasteiger partial charge is 0.255 e. The first-order valence-electron chi connectivity index (χ1n) is 3.91. The Morgan fingerprint density at radius 3 is 2.57 bits per heavy atom. The van der Waals surface area contributed by atoms with Gasteiger partial charge in [-0.1, -0.05) is 6.07 Å². The summed E-state index contributed by atoms with van der Waals surface area (Å²) in [5, 5.41) is 11.7. The van der Waals surface area contributed by atoms with Gasteiger partial charge in [-0.25, -0.2) is 0 Å². The molecule has 0 bridgehead atoms.